The van der Waals surface area contributed by atoms with Gasteiger partial charge in [0.15, 0.2) is 11.6 Å². The normalized spacial score (nSPS) is 22.4. The molecule has 2 atom stereocenters. The number of rotatable bonds is 4. The number of allylic oxidation sites excluding steroid dienone is 2. The van der Waals surface area contributed by atoms with Crippen LogP contribution >= 0.6 is 11.6 Å². The third-order valence-electron chi connectivity index (χ3n) is 4.50. The van der Waals surface area contributed by atoms with E-state index in [1.807, 2.05) is 32.9 Å². The van der Waals surface area contributed by atoms with Gasteiger partial charge in [0.2, 0.25) is 0 Å². The van der Waals surface area contributed by atoms with Gasteiger partial charge in [0.25, 0.3) is 0 Å². The van der Waals surface area contributed by atoms with E-state index < -0.39 is 46.2 Å². The molecule has 1 aromatic carbocycles. The molecule has 2 nitrogen and oxygen atoms in total. The maximum atomic E-state index is 13.9. The number of halogens is 4. The van der Waals surface area contributed by atoms with Gasteiger partial charge in [-0.25, -0.2) is 13.2 Å². The van der Waals surface area contributed by atoms with E-state index in [2.05, 4.69) is 0 Å². The highest BCUT2D eigenvalue weighted by Gasteiger charge is 2.61. The first-order valence-electron chi connectivity index (χ1n) is 7.25. The van der Waals surface area contributed by atoms with Crippen LogP contribution in [0.3, 0.4) is 0 Å². The van der Waals surface area contributed by atoms with E-state index in [4.69, 9.17) is 16.3 Å². The van der Waals surface area contributed by atoms with Crippen LogP contribution in [0.5, 0.6) is 0 Å². The summed E-state index contributed by atoms with van der Waals surface area (Å²) in [4.78, 5) is 12.1. The van der Waals surface area contributed by atoms with E-state index >= 15 is 0 Å². The maximum absolute atomic E-state index is 13.9. The minimum Gasteiger partial charge on any atom is -0.460 e. The van der Waals surface area contributed by atoms with Crippen LogP contribution < -0.4 is 0 Å². The molecule has 126 valence electrons. The van der Waals surface area contributed by atoms with E-state index in [1.165, 1.54) is 0 Å². The summed E-state index contributed by atoms with van der Waals surface area (Å²) >= 11 is 5.70. The standard InChI is InChI=1S/C17H18ClF3O2/c1-5-6-10-11(17(10,3)4)16(22)23-7-9-12(18)13(19)8(2)14(20)15(9)21/h5-6,10-11H,7H2,1-4H3/b6-5-. The summed E-state index contributed by atoms with van der Waals surface area (Å²) in [5.41, 5.74) is -1.24. The zero-order valence-electron chi connectivity index (χ0n) is 13.3. The van der Waals surface area contributed by atoms with E-state index in [9.17, 15) is 18.0 Å². The second-order valence-electron chi connectivity index (χ2n) is 6.32. The van der Waals surface area contributed by atoms with Crippen LogP contribution in [0.1, 0.15) is 31.9 Å². The Labute approximate surface area is 138 Å². The molecule has 1 aromatic rings. The van der Waals surface area contributed by atoms with E-state index in [0.29, 0.717) is 0 Å². The minimum atomic E-state index is -1.32. The molecule has 2 rings (SSSR count). The van der Waals surface area contributed by atoms with Crippen LogP contribution in [0.15, 0.2) is 12.2 Å². The van der Waals surface area contributed by atoms with Crippen molar-refractivity contribution in [1.29, 1.82) is 0 Å². The van der Waals surface area contributed by atoms with Gasteiger partial charge in [-0.1, -0.05) is 37.6 Å². The Bertz CT molecular complexity index is 654. The van der Waals surface area contributed by atoms with Crippen molar-refractivity contribution in [2.45, 2.75) is 34.3 Å². The van der Waals surface area contributed by atoms with E-state index in [-0.39, 0.29) is 17.3 Å². The molecule has 2 unspecified atom stereocenters. The highest BCUT2D eigenvalue weighted by atomic mass is 35.5. The first-order valence-corrected chi connectivity index (χ1v) is 7.63. The Morgan fingerprint density at radius 2 is 1.87 bits per heavy atom. The Balaban J connectivity index is 2.15. The fraction of sp³-hybridized carbons (Fsp3) is 0.471. The molecule has 0 bridgehead atoms. The lowest BCUT2D eigenvalue weighted by Gasteiger charge is -2.11. The Morgan fingerprint density at radius 3 is 2.43 bits per heavy atom. The van der Waals surface area contributed by atoms with Gasteiger partial charge < -0.3 is 4.74 Å². The summed E-state index contributed by atoms with van der Waals surface area (Å²) in [5, 5.41) is -0.561. The number of hydrogen-bond donors (Lipinski definition) is 0. The summed E-state index contributed by atoms with van der Waals surface area (Å²) in [6, 6.07) is 0. The lowest BCUT2D eigenvalue weighted by atomic mass is 10.1. The fourth-order valence-electron chi connectivity index (χ4n) is 2.84. The van der Waals surface area contributed by atoms with Crippen molar-refractivity contribution in [3.63, 3.8) is 0 Å². The SMILES string of the molecule is C/C=C\C1C(C(=O)OCc2c(F)c(F)c(C)c(F)c2Cl)C1(C)C. The smallest absolute Gasteiger partial charge is 0.310 e. The van der Waals surface area contributed by atoms with Crippen LogP contribution in [-0.2, 0) is 16.1 Å². The molecule has 0 N–H and O–H groups in total. The van der Waals surface area contributed by atoms with Crippen molar-refractivity contribution in [3.05, 3.63) is 45.8 Å². The predicted octanol–water partition coefficient (Wildman–Crippen LogP) is 4.96. The molecule has 0 amide bonds. The van der Waals surface area contributed by atoms with E-state index in [0.717, 1.165) is 6.92 Å². The fourth-order valence-corrected chi connectivity index (χ4v) is 3.12. The monoisotopic (exact) mass is 346 g/mol. The summed E-state index contributed by atoms with van der Waals surface area (Å²) in [7, 11) is 0. The van der Waals surface area contributed by atoms with Gasteiger partial charge in [-0.15, -0.1) is 0 Å². The molecule has 0 saturated heterocycles. The highest BCUT2D eigenvalue weighted by Crippen LogP contribution is 2.59. The van der Waals surface area contributed by atoms with Crippen LogP contribution in [0.25, 0.3) is 0 Å². The van der Waals surface area contributed by atoms with Gasteiger partial charge in [-0.05, 0) is 25.2 Å². The number of ether oxygens (including phenoxy) is 1. The molecule has 0 aliphatic heterocycles. The number of carbonyl (C=O) groups is 1. The molecular weight excluding hydrogens is 329 g/mol. The van der Waals surface area contributed by atoms with Crippen molar-refractivity contribution in [1.82, 2.24) is 0 Å². The van der Waals surface area contributed by atoms with Gasteiger partial charge in [0, 0.05) is 11.1 Å². The third-order valence-corrected chi connectivity index (χ3v) is 4.89. The van der Waals surface area contributed by atoms with Crippen molar-refractivity contribution < 1.29 is 22.7 Å². The number of benzene rings is 1. The topological polar surface area (TPSA) is 26.3 Å². The first-order chi connectivity index (χ1) is 10.6. The molecule has 1 fully saturated rings. The van der Waals surface area contributed by atoms with Crippen molar-refractivity contribution in [2.75, 3.05) is 0 Å². The molecular formula is C17H18ClF3O2. The van der Waals surface area contributed by atoms with Gasteiger partial charge in [-0.2, -0.15) is 0 Å². The molecule has 0 radical (unpaired) electrons. The second-order valence-corrected chi connectivity index (χ2v) is 6.70. The van der Waals surface area contributed by atoms with Crippen molar-refractivity contribution >= 4 is 17.6 Å². The van der Waals surface area contributed by atoms with Crippen LogP contribution in [-0.4, -0.2) is 5.97 Å². The van der Waals surface area contributed by atoms with Crippen LogP contribution in [0.4, 0.5) is 13.2 Å². The molecule has 0 aromatic heterocycles. The average molecular weight is 347 g/mol. The molecule has 6 heteroatoms. The molecule has 1 saturated carbocycles. The molecule has 1 aliphatic rings. The van der Waals surface area contributed by atoms with Gasteiger partial charge in [0.1, 0.15) is 12.4 Å². The van der Waals surface area contributed by atoms with Crippen LogP contribution in [0.2, 0.25) is 5.02 Å². The average Bonchev–Trinajstić information content (AvgIpc) is 3.04. The van der Waals surface area contributed by atoms with Crippen molar-refractivity contribution in [2.24, 2.45) is 17.3 Å². The molecule has 23 heavy (non-hydrogen) atoms. The Kier molecular flexibility index (Phi) is 4.81. The first kappa shape index (κ1) is 17.9. The summed E-state index contributed by atoms with van der Waals surface area (Å²) in [6.07, 6.45) is 3.76. The quantitative estimate of drug-likeness (QED) is 0.437. The molecule has 1 aliphatic carbocycles. The number of carbonyl (C=O) groups excluding carboxylic acids is 1. The summed E-state index contributed by atoms with van der Waals surface area (Å²) < 4.78 is 46.3. The van der Waals surface area contributed by atoms with Crippen molar-refractivity contribution in [3.8, 4) is 0 Å². The van der Waals surface area contributed by atoms with E-state index in [1.54, 1.807) is 0 Å². The number of esters is 1. The van der Waals surface area contributed by atoms with Gasteiger partial charge in [0.05, 0.1) is 10.9 Å². The Hall–Kier alpha value is -1.49. The molecule has 0 heterocycles. The maximum Gasteiger partial charge on any atom is 0.310 e. The van der Waals surface area contributed by atoms with Gasteiger partial charge in [-0.3, -0.25) is 4.79 Å². The summed E-state index contributed by atoms with van der Waals surface area (Å²) in [6.45, 7) is 6.17. The Morgan fingerprint density at radius 1 is 1.26 bits per heavy atom. The predicted molar refractivity (Wildman–Crippen MR) is 81.4 cm³/mol. The molecule has 0 spiro atoms. The van der Waals surface area contributed by atoms with Crippen LogP contribution in [0, 0.1) is 41.6 Å². The summed E-state index contributed by atoms with van der Waals surface area (Å²) in [5.74, 6) is -4.52. The zero-order chi connectivity index (χ0) is 17.5. The minimum absolute atomic E-state index is 0.0341. The van der Waals surface area contributed by atoms with Gasteiger partial charge >= 0.3 is 5.97 Å². The second kappa shape index (κ2) is 6.19. The number of hydrogen-bond acceptors (Lipinski definition) is 2. The zero-order valence-corrected chi connectivity index (χ0v) is 14.1. The highest BCUT2D eigenvalue weighted by molar-refractivity contribution is 6.31. The largest absolute Gasteiger partial charge is 0.460 e. The lowest BCUT2D eigenvalue weighted by molar-refractivity contribution is -0.147. The lowest BCUT2D eigenvalue weighted by Crippen LogP contribution is -2.13. The third kappa shape index (κ3) is 2.99.